The van der Waals surface area contributed by atoms with E-state index >= 15 is 0 Å². The maximum absolute atomic E-state index is 11.1. The first kappa shape index (κ1) is 16.4. The number of carboxylic acids is 1. The maximum Gasteiger partial charge on any atom is 0.323 e. The summed E-state index contributed by atoms with van der Waals surface area (Å²) in [6.07, 6.45) is 5.44. The highest BCUT2D eigenvalue weighted by Gasteiger charge is 2.36. The first-order valence-electron chi connectivity index (χ1n) is 7.52. The lowest BCUT2D eigenvalue weighted by Crippen LogP contribution is -2.52. The molecule has 1 fully saturated rings. The Hall–Kier alpha value is -0.610. The number of hydrogen-bond donors (Lipinski definition) is 2. The van der Waals surface area contributed by atoms with Crippen LogP contribution in [0.25, 0.3) is 0 Å². The van der Waals surface area contributed by atoms with Crippen LogP contribution in [0.4, 0.5) is 0 Å². The lowest BCUT2D eigenvalue weighted by Gasteiger charge is -2.44. The van der Waals surface area contributed by atoms with Crippen LogP contribution in [0.2, 0.25) is 0 Å². The van der Waals surface area contributed by atoms with Crippen molar-refractivity contribution >= 4 is 5.97 Å². The molecule has 1 aliphatic heterocycles. The highest BCUT2D eigenvalue weighted by atomic mass is 16.4. The summed E-state index contributed by atoms with van der Waals surface area (Å²) in [5.41, 5.74) is 5.23. The highest BCUT2D eigenvalue weighted by Crippen LogP contribution is 2.38. The summed E-state index contributed by atoms with van der Waals surface area (Å²) in [6, 6.07) is 0.234. The van der Waals surface area contributed by atoms with E-state index in [2.05, 4.69) is 25.7 Å². The fraction of sp³-hybridized carbons (Fsp3) is 0.933. The first-order chi connectivity index (χ1) is 8.76. The average Bonchev–Trinajstić information content (AvgIpc) is 2.38. The van der Waals surface area contributed by atoms with Gasteiger partial charge in [-0.25, -0.2) is 0 Å². The Morgan fingerprint density at radius 2 is 1.84 bits per heavy atom. The number of likely N-dealkylation sites (tertiary alicyclic amines) is 1. The van der Waals surface area contributed by atoms with Gasteiger partial charge in [0.1, 0.15) is 5.54 Å². The predicted octanol–water partition coefficient (Wildman–Crippen LogP) is 2.47. The molecule has 0 amide bonds. The molecule has 0 aromatic rings. The van der Waals surface area contributed by atoms with Gasteiger partial charge in [0.05, 0.1) is 0 Å². The van der Waals surface area contributed by atoms with E-state index in [1.165, 1.54) is 25.7 Å². The van der Waals surface area contributed by atoms with Crippen LogP contribution in [0, 0.1) is 5.41 Å². The lowest BCUT2D eigenvalue weighted by molar-refractivity contribution is -0.143. The van der Waals surface area contributed by atoms with Gasteiger partial charge in [0.15, 0.2) is 0 Å². The summed E-state index contributed by atoms with van der Waals surface area (Å²) in [5, 5.41) is 9.10. The van der Waals surface area contributed by atoms with Gasteiger partial charge < -0.3 is 15.7 Å². The first-order valence-corrected chi connectivity index (χ1v) is 7.52. The fourth-order valence-electron chi connectivity index (χ4n) is 3.23. The van der Waals surface area contributed by atoms with Crippen LogP contribution in [0.1, 0.15) is 59.8 Å². The molecule has 19 heavy (non-hydrogen) atoms. The van der Waals surface area contributed by atoms with Gasteiger partial charge in [-0.1, -0.05) is 26.7 Å². The van der Waals surface area contributed by atoms with Gasteiger partial charge in [0.2, 0.25) is 0 Å². The summed E-state index contributed by atoms with van der Waals surface area (Å²) in [6.45, 7) is 10.4. The Bertz CT molecular complexity index is 301. The SMILES string of the molecule is CCC1(CC)CCN(C(C)CC(C)(N)C(=O)O)CC1. The molecule has 0 aliphatic carbocycles. The average molecular weight is 270 g/mol. The van der Waals surface area contributed by atoms with E-state index in [-0.39, 0.29) is 6.04 Å². The van der Waals surface area contributed by atoms with Crippen molar-refractivity contribution in [3.05, 3.63) is 0 Å². The summed E-state index contributed by atoms with van der Waals surface area (Å²) in [7, 11) is 0. The van der Waals surface area contributed by atoms with Gasteiger partial charge in [0.25, 0.3) is 0 Å². The molecule has 4 heteroatoms. The van der Waals surface area contributed by atoms with Crippen molar-refractivity contribution in [2.75, 3.05) is 13.1 Å². The zero-order chi connectivity index (χ0) is 14.7. The van der Waals surface area contributed by atoms with E-state index in [4.69, 9.17) is 10.8 Å². The standard InChI is InChI=1S/C15H30N2O2/c1-5-15(6-2)7-9-17(10-8-15)12(3)11-14(4,16)13(18)19/h12H,5-11,16H2,1-4H3,(H,18,19). The highest BCUT2D eigenvalue weighted by molar-refractivity contribution is 5.77. The second-order valence-corrected chi connectivity index (χ2v) is 6.52. The second-order valence-electron chi connectivity index (χ2n) is 6.52. The molecule has 3 N–H and O–H groups in total. The number of hydrogen-bond acceptors (Lipinski definition) is 3. The monoisotopic (exact) mass is 270 g/mol. The van der Waals surface area contributed by atoms with Crippen LogP contribution in [0.5, 0.6) is 0 Å². The van der Waals surface area contributed by atoms with Gasteiger partial charge in [-0.15, -0.1) is 0 Å². The minimum atomic E-state index is -1.12. The predicted molar refractivity (Wildman–Crippen MR) is 78.1 cm³/mol. The molecule has 0 spiro atoms. The summed E-state index contributed by atoms with van der Waals surface area (Å²) < 4.78 is 0. The Morgan fingerprint density at radius 1 is 1.37 bits per heavy atom. The van der Waals surface area contributed by atoms with E-state index in [0.717, 1.165) is 13.1 Å². The molecule has 112 valence electrons. The topological polar surface area (TPSA) is 66.6 Å². The van der Waals surface area contributed by atoms with Gasteiger partial charge in [-0.2, -0.15) is 0 Å². The number of carboxylic acid groups (broad SMARTS) is 1. The molecule has 2 atom stereocenters. The van der Waals surface area contributed by atoms with E-state index in [9.17, 15) is 4.79 Å². The number of piperidine rings is 1. The molecule has 2 unspecified atom stereocenters. The number of rotatable bonds is 6. The molecule has 0 radical (unpaired) electrons. The Morgan fingerprint density at radius 3 is 2.21 bits per heavy atom. The van der Waals surface area contributed by atoms with Gasteiger partial charge in [-0.3, -0.25) is 4.79 Å². The van der Waals surface area contributed by atoms with E-state index in [1.807, 2.05) is 0 Å². The maximum atomic E-state index is 11.1. The van der Waals surface area contributed by atoms with Crippen LogP contribution in [-0.2, 0) is 4.79 Å². The van der Waals surface area contributed by atoms with Crippen molar-refractivity contribution in [2.24, 2.45) is 11.1 Å². The van der Waals surface area contributed by atoms with Crippen molar-refractivity contribution < 1.29 is 9.90 Å². The molecule has 1 saturated heterocycles. The number of aliphatic carboxylic acids is 1. The third-order valence-electron chi connectivity index (χ3n) is 5.19. The number of nitrogens with two attached hydrogens (primary N) is 1. The van der Waals surface area contributed by atoms with Crippen molar-refractivity contribution in [1.82, 2.24) is 4.90 Å². The van der Waals surface area contributed by atoms with Crippen LogP contribution in [0.15, 0.2) is 0 Å². The van der Waals surface area contributed by atoms with Crippen molar-refractivity contribution in [2.45, 2.75) is 71.4 Å². The fourth-order valence-corrected chi connectivity index (χ4v) is 3.23. The Labute approximate surface area is 117 Å². The minimum Gasteiger partial charge on any atom is -0.480 e. The number of carbonyl (C=O) groups is 1. The normalized spacial score (nSPS) is 24.7. The smallest absolute Gasteiger partial charge is 0.323 e. The molecule has 0 bridgehead atoms. The summed E-state index contributed by atoms with van der Waals surface area (Å²) in [4.78, 5) is 13.5. The minimum absolute atomic E-state index is 0.234. The molecule has 1 heterocycles. The van der Waals surface area contributed by atoms with Crippen molar-refractivity contribution in [1.29, 1.82) is 0 Å². The van der Waals surface area contributed by atoms with Crippen LogP contribution >= 0.6 is 0 Å². The molecule has 4 nitrogen and oxygen atoms in total. The quantitative estimate of drug-likeness (QED) is 0.778. The van der Waals surface area contributed by atoms with Crippen LogP contribution in [0.3, 0.4) is 0 Å². The zero-order valence-corrected chi connectivity index (χ0v) is 12.9. The van der Waals surface area contributed by atoms with Gasteiger partial charge >= 0.3 is 5.97 Å². The van der Waals surface area contributed by atoms with E-state index in [0.29, 0.717) is 11.8 Å². The third kappa shape index (κ3) is 3.93. The second kappa shape index (κ2) is 6.23. The van der Waals surface area contributed by atoms with Crippen LogP contribution in [-0.4, -0.2) is 40.6 Å². The van der Waals surface area contributed by atoms with Crippen molar-refractivity contribution in [3.63, 3.8) is 0 Å². The zero-order valence-electron chi connectivity index (χ0n) is 12.9. The van der Waals surface area contributed by atoms with Crippen LogP contribution < -0.4 is 5.73 Å². The van der Waals surface area contributed by atoms with Crippen molar-refractivity contribution in [3.8, 4) is 0 Å². The largest absolute Gasteiger partial charge is 0.480 e. The summed E-state index contributed by atoms with van der Waals surface area (Å²) >= 11 is 0. The van der Waals surface area contributed by atoms with E-state index in [1.54, 1.807) is 6.92 Å². The molecule has 0 aromatic heterocycles. The molecule has 0 saturated carbocycles. The lowest BCUT2D eigenvalue weighted by atomic mass is 9.74. The molecular weight excluding hydrogens is 240 g/mol. The van der Waals surface area contributed by atoms with Gasteiger partial charge in [-0.05, 0) is 51.6 Å². The molecule has 0 aromatic carbocycles. The Kier molecular flexibility index (Phi) is 5.39. The Balaban J connectivity index is 2.54. The van der Waals surface area contributed by atoms with E-state index < -0.39 is 11.5 Å². The molecule has 1 rings (SSSR count). The molecule has 1 aliphatic rings. The summed E-state index contributed by atoms with van der Waals surface area (Å²) in [5.74, 6) is -0.909. The third-order valence-corrected chi connectivity index (χ3v) is 5.19. The molecular formula is C15H30N2O2. The number of nitrogens with zero attached hydrogens (tertiary/aromatic N) is 1. The van der Waals surface area contributed by atoms with Gasteiger partial charge in [0, 0.05) is 6.04 Å².